The van der Waals surface area contributed by atoms with Gasteiger partial charge in [-0.3, -0.25) is 0 Å². The lowest BCUT2D eigenvalue weighted by atomic mass is 10.0. The third kappa shape index (κ3) is 5.22. The fraction of sp³-hybridized carbons (Fsp3) is 0.294. The molecule has 0 aliphatic carbocycles. The number of halogens is 1. The van der Waals surface area contributed by atoms with Gasteiger partial charge in [0, 0.05) is 6.04 Å². The highest BCUT2D eigenvalue weighted by molar-refractivity contribution is 5.28. The first-order valence-electron chi connectivity index (χ1n) is 7.04. The molecule has 4 N–H and O–H groups in total. The molecule has 0 heterocycles. The average Bonchev–Trinajstić information content (AvgIpc) is 2.49. The van der Waals surface area contributed by atoms with Crippen molar-refractivity contribution in [1.82, 2.24) is 5.32 Å². The normalized spacial score (nSPS) is 13.2. The molecule has 0 spiro atoms. The van der Waals surface area contributed by atoms with E-state index in [0.717, 1.165) is 24.1 Å². The third-order valence-electron chi connectivity index (χ3n) is 3.52. The van der Waals surface area contributed by atoms with Crippen molar-refractivity contribution in [2.45, 2.75) is 25.5 Å². The van der Waals surface area contributed by atoms with Crippen molar-refractivity contribution in [1.29, 1.82) is 0 Å². The van der Waals surface area contributed by atoms with Gasteiger partial charge in [0.1, 0.15) is 11.5 Å². The highest BCUT2D eigenvalue weighted by atomic mass is 35.5. The highest BCUT2D eigenvalue weighted by Gasteiger charge is 2.15. The molecule has 4 nitrogen and oxygen atoms in total. The van der Waals surface area contributed by atoms with Crippen LogP contribution in [0.3, 0.4) is 0 Å². The second-order valence-corrected chi connectivity index (χ2v) is 5.20. The zero-order valence-electron chi connectivity index (χ0n) is 12.4. The van der Waals surface area contributed by atoms with E-state index in [1.54, 1.807) is 36.4 Å². The summed E-state index contributed by atoms with van der Waals surface area (Å²) >= 11 is 0. The van der Waals surface area contributed by atoms with Gasteiger partial charge < -0.3 is 33.0 Å². The lowest BCUT2D eigenvalue weighted by Gasteiger charge is -2.20. The van der Waals surface area contributed by atoms with Crippen LogP contribution in [0.5, 0.6) is 11.5 Å². The van der Waals surface area contributed by atoms with Crippen LogP contribution >= 0.6 is 0 Å². The Morgan fingerprint density at radius 1 is 0.909 bits per heavy atom. The van der Waals surface area contributed by atoms with E-state index in [4.69, 9.17) is 0 Å². The Morgan fingerprint density at radius 3 is 1.95 bits per heavy atom. The zero-order valence-corrected chi connectivity index (χ0v) is 13.2. The Balaban J connectivity index is 0.00000242. The lowest BCUT2D eigenvalue weighted by molar-refractivity contribution is -0.00000787. The summed E-state index contributed by atoms with van der Waals surface area (Å²) in [6.07, 6.45) is 0.206. The first-order chi connectivity index (χ1) is 10.1. The molecule has 2 rings (SSSR count). The van der Waals surface area contributed by atoms with E-state index in [1.807, 2.05) is 19.1 Å². The maximum absolute atomic E-state index is 10.2. The Kier molecular flexibility index (Phi) is 7.18. The van der Waals surface area contributed by atoms with E-state index in [9.17, 15) is 15.3 Å². The van der Waals surface area contributed by atoms with Crippen LogP contribution in [0.15, 0.2) is 48.5 Å². The molecule has 0 aliphatic rings. The van der Waals surface area contributed by atoms with E-state index in [1.165, 1.54) is 0 Å². The van der Waals surface area contributed by atoms with Crippen molar-refractivity contribution >= 4 is 0 Å². The van der Waals surface area contributed by atoms with Gasteiger partial charge in [-0.05, 0) is 55.3 Å². The Labute approximate surface area is 136 Å². The number of nitrogens with one attached hydrogen (secondary N) is 1. The molecule has 0 aliphatic heterocycles. The topological polar surface area (TPSA) is 72.7 Å². The lowest BCUT2D eigenvalue weighted by Crippen LogP contribution is -3.00. The average molecular weight is 323 g/mol. The van der Waals surface area contributed by atoms with Gasteiger partial charge in [-0.2, -0.15) is 0 Å². The molecule has 0 unspecified atom stereocenters. The molecular formula is C17H21ClNO3-. The predicted molar refractivity (Wildman–Crippen MR) is 82.3 cm³/mol. The number of phenols is 2. The smallest absolute Gasteiger partial charge is 0.115 e. The summed E-state index contributed by atoms with van der Waals surface area (Å²) in [6, 6.07) is 13.6. The summed E-state index contributed by atoms with van der Waals surface area (Å²) in [5.41, 5.74) is 1.91. The number of hydrogen-bond donors (Lipinski definition) is 4. The Hall–Kier alpha value is -1.75. The second-order valence-electron chi connectivity index (χ2n) is 5.20. The number of aromatic hydroxyl groups is 2. The molecule has 22 heavy (non-hydrogen) atoms. The third-order valence-corrected chi connectivity index (χ3v) is 3.52. The van der Waals surface area contributed by atoms with Crippen molar-refractivity contribution < 1.29 is 27.7 Å². The van der Waals surface area contributed by atoms with Gasteiger partial charge in [0.25, 0.3) is 0 Å². The van der Waals surface area contributed by atoms with Gasteiger partial charge in [0.05, 0.1) is 6.10 Å². The maximum atomic E-state index is 10.2. The van der Waals surface area contributed by atoms with Gasteiger partial charge >= 0.3 is 0 Å². The zero-order chi connectivity index (χ0) is 15.2. The summed E-state index contributed by atoms with van der Waals surface area (Å²) < 4.78 is 0. The molecule has 0 amide bonds. The Bertz CT molecular complexity index is 557. The molecule has 2 atom stereocenters. The fourth-order valence-electron chi connectivity index (χ4n) is 2.18. The van der Waals surface area contributed by atoms with Gasteiger partial charge in [-0.1, -0.05) is 24.3 Å². The van der Waals surface area contributed by atoms with Crippen LogP contribution in [-0.4, -0.2) is 27.9 Å². The highest BCUT2D eigenvalue weighted by Crippen LogP contribution is 2.19. The molecule has 0 radical (unpaired) electrons. The van der Waals surface area contributed by atoms with Crippen LogP contribution in [0.2, 0.25) is 0 Å². The fourth-order valence-corrected chi connectivity index (χ4v) is 2.18. The molecule has 0 saturated carbocycles. The summed E-state index contributed by atoms with van der Waals surface area (Å²) in [4.78, 5) is 0. The number of aliphatic hydroxyl groups excluding tert-OH is 1. The quantitative estimate of drug-likeness (QED) is 0.571. The largest absolute Gasteiger partial charge is 1.00 e. The van der Waals surface area contributed by atoms with Crippen LogP contribution in [0.1, 0.15) is 24.2 Å². The summed E-state index contributed by atoms with van der Waals surface area (Å²) in [5.74, 6) is 0.460. The Morgan fingerprint density at radius 2 is 1.41 bits per heavy atom. The van der Waals surface area contributed by atoms with Gasteiger partial charge in [-0.25, -0.2) is 0 Å². The van der Waals surface area contributed by atoms with Crippen molar-refractivity contribution in [3.63, 3.8) is 0 Å². The predicted octanol–water partition coefficient (Wildman–Crippen LogP) is -0.644. The first-order valence-corrected chi connectivity index (χ1v) is 7.04. The number of aliphatic hydroxyl groups is 1. The monoisotopic (exact) mass is 322 g/mol. The van der Waals surface area contributed by atoms with Crippen molar-refractivity contribution in [2.24, 2.45) is 0 Å². The maximum Gasteiger partial charge on any atom is 0.115 e. The van der Waals surface area contributed by atoms with Gasteiger partial charge in [-0.15, -0.1) is 0 Å². The molecule has 0 aromatic heterocycles. The van der Waals surface area contributed by atoms with Crippen LogP contribution in [0.4, 0.5) is 0 Å². The number of benzene rings is 2. The van der Waals surface area contributed by atoms with E-state index < -0.39 is 6.10 Å². The minimum absolute atomic E-state index is 0. The van der Waals surface area contributed by atoms with Crippen LogP contribution < -0.4 is 17.7 Å². The SMILES string of the molecule is C[C@@H](NCCc1ccc(O)cc1)[C@@H](O)c1ccc(O)cc1.[Cl-]. The standard InChI is InChI=1S/C17H21NO3.ClH/c1-12(17(21)14-4-8-16(20)9-5-14)18-11-10-13-2-6-15(19)7-3-13;/h2-9,12,17-21H,10-11H2,1H3;1H/p-1/t12-,17-;/m1./s1. The summed E-state index contributed by atoms with van der Waals surface area (Å²) in [6.45, 7) is 2.66. The van der Waals surface area contributed by atoms with E-state index in [-0.39, 0.29) is 29.9 Å². The molecule has 0 fully saturated rings. The molecular weight excluding hydrogens is 302 g/mol. The summed E-state index contributed by atoms with van der Waals surface area (Å²) in [5, 5.41) is 32.0. The van der Waals surface area contributed by atoms with E-state index in [0.29, 0.717) is 0 Å². The molecule has 0 saturated heterocycles. The van der Waals surface area contributed by atoms with Crippen molar-refractivity contribution in [3.8, 4) is 11.5 Å². The van der Waals surface area contributed by atoms with Crippen molar-refractivity contribution in [2.75, 3.05) is 6.54 Å². The molecule has 2 aromatic carbocycles. The van der Waals surface area contributed by atoms with E-state index in [2.05, 4.69) is 5.32 Å². The molecule has 2 aromatic rings. The number of hydrogen-bond acceptors (Lipinski definition) is 4. The molecule has 0 bridgehead atoms. The van der Waals surface area contributed by atoms with Gasteiger partial charge in [0.15, 0.2) is 0 Å². The first kappa shape index (κ1) is 18.3. The summed E-state index contributed by atoms with van der Waals surface area (Å²) in [7, 11) is 0. The van der Waals surface area contributed by atoms with Crippen LogP contribution in [0.25, 0.3) is 0 Å². The second kappa shape index (κ2) is 8.63. The van der Waals surface area contributed by atoms with Crippen molar-refractivity contribution in [3.05, 3.63) is 59.7 Å². The van der Waals surface area contributed by atoms with Crippen LogP contribution in [-0.2, 0) is 6.42 Å². The minimum Gasteiger partial charge on any atom is -1.00 e. The van der Waals surface area contributed by atoms with Gasteiger partial charge in [0.2, 0.25) is 0 Å². The number of phenolic OH excluding ortho intramolecular Hbond substituents is 2. The van der Waals surface area contributed by atoms with E-state index >= 15 is 0 Å². The van der Waals surface area contributed by atoms with Crippen LogP contribution in [0, 0.1) is 0 Å². The number of rotatable bonds is 6. The molecule has 5 heteroatoms. The minimum atomic E-state index is -0.620. The molecule has 120 valence electrons.